The minimum atomic E-state index is -0.292. The van der Waals surface area contributed by atoms with Crippen LogP contribution in [0.1, 0.15) is 143 Å². The van der Waals surface area contributed by atoms with Crippen molar-refractivity contribution in [1.82, 2.24) is 0 Å². The van der Waals surface area contributed by atoms with Crippen molar-refractivity contribution in [3.8, 4) is 0 Å². The molecule has 6 unspecified atom stereocenters. The molecule has 6 nitrogen and oxygen atoms in total. The van der Waals surface area contributed by atoms with E-state index in [0.29, 0.717) is 47.1 Å². The lowest BCUT2D eigenvalue weighted by molar-refractivity contribution is -0.158. The summed E-state index contributed by atoms with van der Waals surface area (Å²) in [6.45, 7) is 9.33. The van der Waals surface area contributed by atoms with Gasteiger partial charge in [0, 0.05) is 36.5 Å². The van der Waals surface area contributed by atoms with E-state index in [9.17, 15) is 19.2 Å². The van der Waals surface area contributed by atoms with Gasteiger partial charge in [0.2, 0.25) is 0 Å². The highest BCUT2D eigenvalue weighted by atomic mass is 16.6. The molecule has 0 amide bonds. The third kappa shape index (κ3) is 4.98. The smallest absolute Gasteiger partial charge is 0.306 e. The molecule has 0 spiro atoms. The highest BCUT2D eigenvalue weighted by Crippen LogP contribution is 2.65. The number of carbonyl (C=O) groups is 4. The SMILES string of the molecule is C[C@]12CC[C@H](OC(=O)CCC(=O)O[C@@H]3CC[C@]4(C)C(=CCC5C6CCC(=O)[C@]6(C)CCC54)C3)CC1=CCC1C2CC[C@]2(C)C(=O)CCC12. The fraction of sp³-hybridized carbons (Fsp3) is 0.810. The largest absolute Gasteiger partial charge is 0.462 e. The predicted molar refractivity (Wildman–Crippen MR) is 182 cm³/mol. The molecule has 0 saturated heterocycles. The summed E-state index contributed by atoms with van der Waals surface area (Å²) in [5.41, 5.74) is 2.96. The van der Waals surface area contributed by atoms with Crippen LogP contribution in [-0.4, -0.2) is 35.7 Å². The number of hydrogen-bond acceptors (Lipinski definition) is 6. The number of esters is 2. The number of fused-ring (bicyclic) bond motifs is 10. The molecule has 0 aromatic heterocycles. The highest BCUT2D eigenvalue weighted by Gasteiger charge is 2.60. The molecule has 0 bridgehead atoms. The van der Waals surface area contributed by atoms with Gasteiger partial charge >= 0.3 is 11.9 Å². The Morgan fingerprint density at radius 3 is 1.38 bits per heavy atom. The second-order valence-electron chi connectivity index (χ2n) is 18.6. The summed E-state index contributed by atoms with van der Waals surface area (Å²) in [7, 11) is 0. The Bertz CT molecular complexity index is 1350. The van der Waals surface area contributed by atoms with E-state index in [1.165, 1.54) is 11.1 Å². The van der Waals surface area contributed by atoms with Gasteiger partial charge in [-0.05, 0) is 123 Å². The van der Waals surface area contributed by atoms with Crippen LogP contribution in [0.4, 0.5) is 0 Å². The van der Waals surface area contributed by atoms with Crippen LogP contribution < -0.4 is 0 Å². The van der Waals surface area contributed by atoms with Gasteiger partial charge < -0.3 is 9.47 Å². The van der Waals surface area contributed by atoms with E-state index in [2.05, 4.69) is 39.8 Å². The van der Waals surface area contributed by atoms with Crippen molar-refractivity contribution in [3.05, 3.63) is 23.3 Å². The molecule has 6 heteroatoms. The molecule has 0 heterocycles. The molecule has 0 aromatic rings. The molecule has 6 fully saturated rings. The van der Waals surface area contributed by atoms with E-state index in [4.69, 9.17) is 9.47 Å². The standard InChI is InChI=1S/C42H58O6/c1-39-19-15-27(23-25(39)5-7-29-31-9-11-35(43)41(31,3)21-17-33(29)39)47-37(45)13-14-38(46)48-28-16-20-40(2)26(24-28)6-8-30-32-10-12-36(44)42(32,4)22-18-34(30)40/h5-6,27-34H,7-24H2,1-4H3/t27-,28+,29?,30?,31?,32?,33?,34?,39-,40+,41-,42+. The number of carbonyl (C=O) groups excluding carboxylic acids is 4. The zero-order valence-electron chi connectivity index (χ0n) is 30.0. The average Bonchev–Trinajstić information content (AvgIpc) is 3.54. The molecule has 0 aliphatic heterocycles. The predicted octanol–water partition coefficient (Wildman–Crippen LogP) is 8.65. The Kier molecular flexibility index (Phi) is 8.00. The van der Waals surface area contributed by atoms with Crippen LogP contribution in [-0.2, 0) is 28.7 Å². The molecular weight excluding hydrogens is 600 g/mol. The summed E-state index contributed by atoms with van der Waals surface area (Å²) in [6.07, 6.45) is 20.2. The van der Waals surface area contributed by atoms with Gasteiger partial charge in [0.05, 0.1) is 12.8 Å². The quantitative estimate of drug-likeness (QED) is 0.217. The number of hydrogen-bond donors (Lipinski definition) is 0. The monoisotopic (exact) mass is 658 g/mol. The summed E-state index contributed by atoms with van der Waals surface area (Å²) < 4.78 is 12.0. The van der Waals surface area contributed by atoms with Gasteiger partial charge in [0.1, 0.15) is 23.8 Å². The van der Waals surface area contributed by atoms with Gasteiger partial charge in [0.15, 0.2) is 0 Å². The molecule has 12 atom stereocenters. The number of Topliss-reactive ketones (excluding diaryl/α,β-unsaturated/α-hetero) is 2. The first-order valence-electron chi connectivity index (χ1n) is 19.7. The van der Waals surface area contributed by atoms with Crippen LogP contribution in [0, 0.1) is 57.2 Å². The van der Waals surface area contributed by atoms with E-state index >= 15 is 0 Å². The first-order chi connectivity index (χ1) is 22.8. The summed E-state index contributed by atoms with van der Waals surface area (Å²) in [4.78, 5) is 51.4. The summed E-state index contributed by atoms with van der Waals surface area (Å²) in [5.74, 6) is 3.87. The van der Waals surface area contributed by atoms with Crippen molar-refractivity contribution >= 4 is 23.5 Å². The fourth-order valence-corrected chi connectivity index (χ4v) is 13.7. The topological polar surface area (TPSA) is 86.7 Å². The van der Waals surface area contributed by atoms with Gasteiger partial charge in [-0.15, -0.1) is 0 Å². The summed E-state index contributed by atoms with van der Waals surface area (Å²) in [5, 5.41) is 0. The Morgan fingerprint density at radius 2 is 0.958 bits per heavy atom. The first kappa shape index (κ1) is 32.9. The number of allylic oxidation sites excluding steroid dienone is 2. The van der Waals surface area contributed by atoms with Crippen molar-refractivity contribution in [2.45, 2.75) is 155 Å². The minimum Gasteiger partial charge on any atom is -0.462 e. The zero-order valence-corrected chi connectivity index (χ0v) is 30.0. The minimum absolute atomic E-state index is 0.0698. The summed E-state index contributed by atoms with van der Waals surface area (Å²) >= 11 is 0. The van der Waals surface area contributed by atoms with Gasteiger partial charge in [-0.1, -0.05) is 51.0 Å². The molecule has 8 rings (SSSR count). The van der Waals surface area contributed by atoms with Crippen LogP contribution in [0.25, 0.3) is 0 Å². The highest BCUT2D eigenvalue weighted by molar-refractivity contribution is 5.87. The lowest BCUT2D eigenvalue weighted by Crippen LogP contribution is -2.50. The number of ketones is 2. The van der Waals surface area contributed by atoms with Gasteiger partial charge in [-0.25, -0.2) is 0 Å². The third-order valence-corrected chi connectivity index (χ3v) is 16.7. The fourth-order valence-electron chi connectivity index (χ4n) is 13.7. The average molecular weight is 659 g/mol. The zero-order chi connectivity index (χ0) is 33.6. The number of ether oxygens (including phenoxy) is 2. The van der Waals surface area contributed by atoms with E-state index in [1.54, 1.807) is 0 Å². The Labute approximate surface area is 287 Å². The molecule has 8 aliphatic rings. The van der Waals surface area contributed by atoms with Gasteiger partial charge in [0.25, 0.3) is 0 Å². The van der Waals surface area contributed by atoms with Crippen LogP contribution in [0.3, 0.4) is 0 Å². The van der Waals surface area contributed by atoms with Crippen molar-refractivity contribution in [3.63, 3.8) is 0 Å². The molecular formula is C42H58O6. The van der Waals surface area contributed by atoms with Crippen molar-refractivity contribution < 1.29 is 28.7 Å². The maximum absolute atomic E-state index is 12.9. The molecule has 262 valence electrons. The molecule has 6 saturated carbocycles. The first-order valence-corrected chi connectivity index (χ1v) is 19.7. The van der Waals surface area contributed by atoms with E-state index in [1.807, 2.05) is 0 Å². The lowest BCUT2D eigenvalue weighted by Gasteiger charge is -2.56. The van der Waals surface area contributed by atoms with Crippen molar-refractivity contribution in [2.75, 3.05) is 0 Å². The maximum Gasteiger partial charge on any atom is 0.306 e. The van der Waals surface area contributed by atoms with Gasteiger partial charge in [-0.2, -0.15) is 0 Å². The van der Waals surface area contributed by atoms with Gasteiger partial charge in [-0.3, -0.25) is 19.2 Å². The van der Waals surface area contributed by atoms with Crippen LogP contribution >= 0.6 is 0 Å². The maximum atomic E-state index is 12.9. The Morgan fingerprint density at radius 1 is 0.583 bits per heavy atom. The number of rotatable bonds is 5. The molecule has 48 heavy (non-hydrogen) atoms. The normalized spacial score (nSPS) is 47.7. The van der Waals surface area contributed by atoms with Crippen LogP contribution in [0.15, 0.2) is 23.3 Å². The summed E-state index contributed by atoms with van der Waals surface area (Å²) in [6, 6.07) is 0. The molecule has 8 aliphatic carbocycles. The van der Waals surface area contributed by atoms with Crippen molar-refractivity contribution in [2.24, 2.45) is 57.2 Å². The van der Waals surface area contributed by atoms with Crippen molar-refractivity contribution in [1.29, 1.82) is 0 Å². The second-order valence-corrected chi connectivity index (χ2v) is 18.6. The van der Waals surface area contributed by atoms with Crippen LogP contribution in [0.2, 0.25) is 0 Å². The molecule has 0 aromatic carbocycles. The van der Waals surface area contributed by atoms with Crippen LogP contribution in [0.5, 0.6) is 0 Å². The molecule has 0 radical (unpaired) electrons. The Balaban J connectivity index is 0.815. The Hall–Kier alpha value is -2.24. The van der Waals surface area contributed by atoms with E-state index in [0.717, 1.165) is 103 Å². The lowest BCUT2D eigenvalue weighted by atomic mass is 9.48. The second kappa shape index (κ2) is 11.7. The van der Waals surface area contributed by atoms with E-state index < -0.39 is 0 Å². The molecule has 0 N–H and O–H groups in total. The van der Waals surface area contributed by atoms with E-state index in [-0.39, 0.29) is 58.6 Å². The third-order valence-electron chi connectivity index (χ3n) is 16.7.